The zero-order valence-corrected chi connectivity index (χ0v) is 11.8. The van der Waals surface area contributed by atoms with Crippen LogP contribution in [0.1, 0.15) is 6.42 Å². The number of ether oxygens (including phenoxy) is 1. The van der Waals surface area contributed by atoms with E-state index in [1.165, 1.54) is 0 Å². The van der Waals surface area contributed by atoms with Crippen molar-refractivity contribution >= 4 is 17.2 Å². The van der Waals surface area contributed by atoms with Crippen LogP contribution in [0.3, 0.4) is 0 Å². The highest BCUT2D eigenvalue weighted by Gasteiger charge is 2.15. The number of hydrogen-bond donors (Lipinski definition) is 1. The highest BCUT2D eigenvalue weighted by atomic mass is 16.5. The first-order valence-electron chi connectivity index (χ1n) is 6.92. The molecule has 1 aliphatic heterocycles. The average molecular weight is 286 g/mol. The molecule has 0 amide bonds. The van der Waals surface area contributed by atoms with Crippen LogP contribution >= 0.6 is 0 Å². The molecule has 110 valence electrons. The lowest BCUT2D eigenvalue weighted by molar-refractivity contribution is -0.113. The second-order valence-electron chi connectivity index (χ2n) is 4.68. The van der Waals surface area contributed by atoms with E-state index in [9.17, 15) is 4.79 Å². The molecule has 0 saturated carbocycles. The zero-order valence-electron chi connectivity index (χ0n) is 11.8. The molecule has 6 nitrogen and oxygen atoms in total. The number of para-hydroxylation sites is 1. The van der Waals surface area contributed by atoms with Gasteiger partial charge in [-0.05, 0) is 12.1 Å². The Morgan fingerprint density at radius 2 is 2.05 bits per heavy atom. The summed E-state index contributed by atoms with van der Waals surface area (Å²) in [6, 6.07) is 11.1. The van der Waals surface area contributed by atoms with E-state index < -0.39 is 0 Å². The minimum absolute atomic E-state index is 0.0906. The highest BCUT2D eigenvalue weighted by molar-refractivity contribution is 6.46. The van der Waals surface area contributed by atoms with Gasteiger partial charge in [0.2, 0.25) is 5.71 Å². The van der Waals surface area contributed by atoms with Crippen molar-refractivity contribution in [1.82, 2.24) is 4.90 Å². The number of benzene rings is 1. The molecular formula is C15H18N4O2. The van der Waals surface area contributed by atoms with E-state index in [0.29, 0.717) is 26.2 Å². The Bertz CT molecular complexity index is 530. The Kier molecular flexibility index (Phi) is 5.88. The number of ketones is 1. The van der Waals surface area contributed by atoms with Gasteiger partial charge in [-0.15, -0.1) is 0 Å². The van der Waals surface area contributed by atoms with Crippen molar-refractivity contribution in [3.8, 4) is 6.07 Å². The van der Waals surface area contributed by atoms with E-state index in [1.54, 1.807) is 0 Å². The molecule has 1 aromatic rings. The Balaban J connectivity index is 1.84. The van der Waals surface area contributed by atoms with E-state index in [-0.39, 0.29) is 11.5 Å². The van der Waals surface area contributed by atoms with Gasteiger partial charge in [0.15, 0.2) is 5.78 Å². The molecule has 21 heavy (non-hydrogen) atoms. The van der Waals surface area contributed by atoms with Crippen LogP contribution in [0, 0.1) is 11.3 Å². The van der Waals surface area contributed by atoms with Crippen LogP contribution in [-0.2, 0) is 9.53 Å². The number of nitriles is 1. The third kappa shape index (κ3) is 4.99. The van der Waals surface area contributed by atoms with E-state index >= 15 is 0 Å². The third-order valence-electron chi connectivity index (χ3n) is 3.20. The summed E-state index contributed by atoms with van der Waals surface area (Å²) < 4.78 is 5.25. The number of morpholine rings is 1. The maximum Gasteiger partial charge on any atom is 0.203 e. The quantitative estimate of drug-likeness (QED) is 0.629. The minimum Gasteiger partial charge on any atom is -0.379 e. The molecule has 0 atom stereocenters. The summed E-state index contributed by atoms with van der Waals surface area (Å²) in [5, 5.41) is 12.9. The van der Waals surface area contributed by atoms with Gasteiger partial charge in [-0.25, -0.2) is 0 Å². The number of carbonyl (C=O) groups excluding carboxylic acids is 1. The molecule has 1 saturated heterocycles. The van der Waals surface area contributed by atoms with Crippen LogP contribution in [-0.4, -0.2) is 49.2 Å². The predicted molar refractivity (Wildman–Crippen MR) is 80.0 cm³/mol. The lowest BCUT2D eigenvalue weighted by Crippen LogP contribution is -2.38. The summed E-state index contributed by atoms with van der Waals surface area (Å²) in [7, 11) is 0. The maximum atomic E-state index is 12.0. The standard InChI is InChI=1S/C15H18N4O2/c16-12-14(18-17-13-4-2-1-3-5-13)15(20)6-7-19-8-10-21-11-9-19/h1-5,17H,6-11H2/b18-14-. The third-order valence-corrected chi connectivity index (χ3v) is 3.20. The van der Waals surface area contributed by atoms with E-state index in [4.69, 9.17) is 10.00 Å². The molecule has 1 aromatic carbocycles. The summed E-state index contributed by atoms with van der Waals surface area (Å²) >= 11 is 0. The van der Waals surface area contributed by atoms with Gasteiger partial charge < -0.3 is 4.74 Å². The van der Waals surface area contributed by atoms with Gasteiger partial charge in [-0.1, -0.05) is 18.2 Å². The van der Waals surface area contributed by atoms with Crippen molar-refractivity contribution in [2.24, 2.45) is 5.10 Å². The SMILES string of the molecule is N#C/C(=N/Nc1ccccc1)C(=O)CCN1CCOCC1. The lowest BCUT2D eigenvalue weighted by atomic mass is 10.2. The molecule has 0 radical (unpaired) electrons. The summed E-state index contributed by atoms with van der Waals surface area (Å²) in [6.07, 6.45) is 0.295. The largest absolute Gasteiger partial charge is 0.379 e. The fraction of sp³-hybridized carbons (Fsp3) is 0.400. The Labute approximate surface area is 124 Å². The highest BCUT2D eigenvalue weighted by Crippen LogP contribution is 2.05. The first kappa shape index (κ1) is 15.2. The Morgan fingerprint density at radius 1 is 1.33 bits per heavy atom. The van der Waals surface area contributed by atoms with Gasteiger partial charge in [0, 0.05) is 26.1 Å². The molecule has 6 heteroatoms. The number of anilines is 1. The van der Waals surface area contributed by atoms with Gasteiger partial charge in [0.25, 0.3) is 0 Å². The normalized spacial score (nSPS) is 16.2. The number of hydrogen-bond acceptors (Lipinski definition) is 6. The van der Waals surface area contributed by atoms with Gasteiger partial charge in [-0.3, -0.25) is 15.1 Å². The Hall–Kier alpha value is -2.23. The predicted octanol–water partition coefficient (Wildman–Crippen LogP) is 1.27. The number of Topliss-reactive ketones (excluding diaryl/α,β-unsaturated/α-hetero) is 1. The van der Waals surface area contributed by atoms with E-state index in [1.807, 2.05) is 36.4 Å². The van der Waals surface area contributed by atoms with Crippen molar-refractivity contribution in [1.29, 1.82) is 5.26 Å². The van der Waals surface area contributed by atoms with E-state index in [2.05, 4.69) is 15.4 Å². The summed E-state index contributed by atoms with van der Waals surface area (Å²) in [4.78, 5) is 14.1. The second-order valence-corrected chi connectivity index (χ2v) is 4.68. The molecule has 1 fully saturated rings. The number of rotatable bonds is 6. The van der Waals surface area contributed by atoms with Crippen molar-refractivity contribution < 1.29 is 9.53 Å². The van der Waals surface area contributed by atoms with Crippen LogP contribution in [0.2, 0.25) is 0 Å². The number of nitrogens with zero attached hydrogens (tertiary/aromatic N) is 3. The maximum absolute atomic E-state index is 12.0. The zero-order chi connectivity index (χ0) is 14.9. The molecule has 0 aromatic heterocycles. The molecule has 1 aliphatic rings. The van der Waals surface area contributed by atoms with Gasteiger partial charge in [0.05, 0.1) is 18.9 Å². The van der Waals surface area contributed by atoms with Crippen LogP contribution < -0.4 is 5.43 Å². The first-order valence-corrected chi connectivity index (χ1v) is 6.92. The van der Waals surface area contributed by atoms with Crippen LogP contribution in [0.4, 0.5) is 5.69 Å². The van der Waals surface area contributed by atoms with Crippen molar-refractivity contribution in [3.05, 3.63) is 30.3 Å². The summed E-state index contributed by atoms with van der Waals surface area (Å²) in [6.45, 7) is 3.68. The van der Waals surface area contributed by atoms with Crippen molar-refractivity contribution in [3.63, 3.8) is 0 Å². The number of hydrazone groups is 1. The summed E-state index contributed by atoms with van der Waals surface area (Å²) in [5.41, 5.74) is 3.38. The number of nitrogens with one attached hydrogen (secondary N) is 1. The van der Waals surface area contributed by atoms with Crippen LogP contribution in [0.5, 0.6) is 0 Å². The molecule has 0 aliphatic carbocycles. The van der Waals surface area contributed by atoms with Gasteiger partial charge in [-0.2, -0.15) is 10.4 Å². The van der Waals surface area contributed by atoms with Gasteiger partial charge in [0.1, 0.15) is 6.07 Å². The molecule has 1 heterocycles. The topological polar surface area (TPSA) is 77.7 Å². The fourth-order valence-electron chi connectivity index (χ4n) is 1.99. The van der Waals surface area contributed by atoms with Crippen molar-refractivity contribution in [2.45, 2.75) is 6.42 Å². The summed E-state index contributed by atoms with van der Waals surface area (Å²) in [5.74, 6) is -0.243. The monoisotopic (exact) mass is 286 g/mol. The average Bonchev–Trinajstić information content (AvgIpc) is 2.55. The van der Waals surface area contributed by atoms with Crippen LogP contribution in [0.15, 0.2) is 35.4 Å². The van der Waals surface area contributed by atoms with E-state index in [0.717, 1.165) is 18.8 Å². The molecule has 0 spiro atoms. The minimum atomic E-state index is -0.243. The van der Waals surface area contributed by atoms with Gasteiger partial charge >= 0.3 is 0 Å². The second kappa shape index (κ2) is 8.15. The lowest BCUT2D eigenvalue weighted by Gasteiger charge is -2.25. The van der Waals surface area contributed by atoms with Crippen molar-refractivity contribution in [2.75, 3.05) is 38.3 Å². The number of carbonyl (C=O) groups is 1. The molecule has 0 unspecified atom stereocenters. The first-order chi connectivity index (χ1) is 10.3. The van der Waals surface area contributed by atoms with Crippen LogP contribution in [0.25, 0.3) is 0 Å². The smallest absolute Gasteiger partial charge is 0.203 e. The molecule has 0 bridgehead atoms. The Morgan fingerprint density at radius 3 is 2.71 bits per heavy atom. The molecule has 2 rings (SSSR count). The molecular weight excluding hydrogens is 268 g/mol. The fourth-order valence-corrected chi connectivity index (χ4v) is 1.99. The molecule has 1 N–H and O–H groups in total.